The molecule has 78 valence electrons. The molecule has 0 unspecified atom stereocenters. The van der Waals surface area contributed by atoms with Gasteiger partial charge in [-0.2, -0.15) is 4.39 Å². The van der Waals surface area contributed by atoms with Crippen LogP contribution in [0.5, 0.6) is 11.5 Å². The highest BCUT2D eigenvalue weighted by molar-refractivity contribution is 6.32. The van der Waals surface area contributed by atoms with E-state index in [4.69, 9.17) is 22.4 Å². The maximum absolute atomic E-state index is 13.1. The van der Waals surface area contributed by atoms with Gasteiger partial charge in [0.25, 0.3) is 0 Å². The average Bonchev–Trinajstić information content (AvgIpc) is 2.06. The second kappa shape index (κ2) is 3.29. The van der Waals surface area contributed by atoms with Gasteiger partial charge in [-0.15, -0.1) is 0 Å². The molecule has 0 amide bonds. The summed E-state index contributed by atoms with van der Waals surface area (Å²) < 4.78 is 13.1. The Hall–Kier alpha value is -1.00. The summed E-state index contributed by atoms with van der Waals surface area (Å²) in [6.45, 7) is 3.18. The van der Waals surface area contributed by atoms with Gasteiger partial charge in [0.05, 0.1) is 5.02 Å². The molecule has 0 bridgehead atoms. The Morgan fingerprint density at radius 1 is 1.36 bits per heavy atom. The van der Waals surface area contributed by atoms with Gasteiger partial charge in [0.1, 0.15) is 0 Å². The van der Waals surface area contributed by atoms with Gasteiger partial charge in [-0.25, -0.2) is 0 Å². The Kier molecular flexibility index (Phi) is 2.61. The summed E-state index contributed by atoms with van der Waals surface area (Å²) in [6, 6.07) is 1.25. The Balaban J connectivity index is 3.49. The molecular formula is C9H11ClFNO2. The van der Waals surface area contributed by atoms with Gasteiger partial charge in [0.2, 0.25) is 5.82 Å². The number of rotatable bonds is 1. The number of aromatic hydroxyl groups is 2. The minimum absolute atomic E-state index is 0.151. The van der Waals surface area contributed by atoms with Crippen LogP contribution in [0, 0.1) is 5.82 Å². The van der Waals surface area contributed by atoms with Gasteiger partial charge in [0.15, 0.2) is 11.5 Å². The first kappa shape index (κ1) is 11.1. The molecular weight excluding hydrogens is 209 g/mol. The number of phenolic OH excluding ortho intramolecular Hbond substituents is 2. The fraction of sp³-hybridized carbons (Fsp3) is 0.333. The van der Waals surface area contributed by atoms with Crippen LogP contribution in [-0.4, -0.2) is 10.2 Å². The maximum Gasteiger partial charge on any atom is 0.208 e. The zero-order valence-electron chi connectivity index (χ0n) is 7.81. The second-order valence-corrected chi connectivity index (χ2v) is 4.05. The molecule has 0 aromatic heterocycles. The standard InChI is InChI=1S/C9H11ClFNO2/c1-9(2,12)4-3-5(10)8(14)6(11)7(4)13/h3,13-14H,12H2,1-2H3. The van der Waals surface area contributed by atoms with Crippen LogP contribution in [0.1, 0.15) is 19.4 Å². The minimum atomic E-state index is -1.15. The Labute approximate surface area is 85.9 Å². The Morgan fingerprint density at radius 3 is 2.29 bits per heavy atom. The molecule has 0 aliphatic heterocycles. The van der Waals surface area contributed by atoms with Crippen LogP contribution in [0.3, 0.4) is 0 Å². The predicted molar refractivity (Wildman–Crippen MR) is 52.0 cm³/mol. The first-order chi connectivity index (χ1) is 6.25. The summed E-state index contributed by atoms with van der Waals surface area (Å²) in [7, 11) is 0. The Morgan fingerprint density at radius 2 is 1.86 bits per heavy atom. The largest absolute Gasteiger partial charge is 0.504 e. The molecule has 4 N–H and O–H groups in total. The van der Waals surface area contributed by atoms with E-state index in [1.54, 1.807) is 13.8 Å². The lowest BCUT2D eigenvalue weighted by atomic mass is 9.94. The smallest absolute Gasteiger partial charge is 0.208 e. The first-order valence-electron chi connectivity index (χ1n) is 3.94. The quantitative estimate of drug-likeness (QED) is 0.678. The average molecular weight is 220 g/mol. The van der Waals surface area contributed by atoms with Gasteiger partial charge in [-0.3, -0.25) is 0 Å². The summed E-state index contributed by atoms with van der Waals surface area (Å²) >= 11 is 5.54. The zero-order valence-corrected chi connectivity index (χ0v) is 8.56. The molecule has 1 aromatic carbocycles. The molecule has 1 aromatic rings. The molecule has 0 heterocycles. The molecule has 0 spiro atoms. The molecule has 14 heavy (non-hydrogen) atoms. The lowest BCUT2D eigenvalue weighted by Gasteiger charge is -2.21. The molecule has 0 aliphatic rings. The summed E-state index contributed by atoms with van der Waals surface area (Å²) in [5.41, 5.74) is 4.90. The topological polar surface area (TPSA) is 66.5 Å². The van der Waals surface area contributed by atoms with Crippen LogP contribution < -0.4 is 5.73 Å². The van der Waals surface area contributed by atoms with E-state index in [0.29, 0.717) is 0 Å². The van der Waals surface area contributed by atoms with Gasteiger partial charge < -0.3 is 15.9 Å². The van der Waals surface area contributed by atoms with Crippen molar-refractivity contribution in [3.8, 4) is 11.5 Å². The number of hydrogen-bond donors (Lipinski definition) is 3. The number of benzene rings is 1. The third kappa shape index (κ3) is 1.76. The monoisotopic (exact) mass is 219 g/mol. The van der Waals surface area contributed by atoms with E-state index in [1.165, 1.54) is 6.07 Å². The van der Waals surface area contributed by atoms with Crippen molar-refractivity contribution in [3.63, 3.8) is 0 Å². The van der Waals surface area contributed by atoms with E-state index in [-0.39, 0.29) is 10.6 Å². The van der Waals surface area contributed by atoms with E-state index >= 15 is 0 Å². The third-order valence-corrected chi connectivity index (χ3v) is 2.15. The van der Waals surface area contributed by atoms with Crippen LogP contribution in [0.2, 0.25) is 5.02 Å². The van der Waals surface area contributed by atoms with Gasteiger partial charge in [0, 0.05) is 11.1 Å². The van der Waals surface area contributed by atoms with Gasteiger partial charge in [-0.1, -0.05) is 11.6 Å². The highest BCUT2D eigenvalue weighted by atomic mass is 35.5. The fourth-order valence-corrected chi connectivity index (χ4v) is 1.28. The summed E-state index contributed by atoms with van der Waals surface area (Å²) in [5, 5.41) is 18.3. The highest BCUT2D eigenvalue weighted by Gasteiger charge is 2.24. The van der Waals surface area contributed by atoms with Crippen molar-refractivity contribution in [2.45, 2.75) is 19.4 Å². The predicted octanol–water partition coefficient (Wildman–Crippen LogP) is 2.08. The van der Waals surface area contributed by atoms with E-state index in [0.717, 1.165) is 0 Å². The minimum Gasteiger partial charge on any atom is -0.504 e. The van der Waals surface area contributed by atoms with Crippen molar-refractivity contribution in [2.75, 3.05) is 0 Å². The van der Waals surface area contributed by atoms with Crippen LogP contribution in [0.25, 0.3) is 0 Å². The zero-order chi connectivity index (χ0) is 11.1. The van der Waals surface area contributed by atoms with Crippen molar-refractivity contribution >= 4 is 11.6 Å². The van der Waals surface area contributed by atoms with Gasteiger partial charge >= 0.3 is 0 Å². The van der Waals surface area contributed by atoms with E-state index in [1.807, 2.05) is 0 Å². The van der Waals surface area contributed by atoms with Crippen LogP contribution >= 0.6 is 11.6 Å². The van der Waals surface area contributed by atoms with Crippen LogP contribution in [0.4, 0.5) is 4.39 Å². The summed E-state index contributed by atoms with van der Waals surface area (Å²) in [6.07, 6.45) is 0. The third-order valence-electron chi connectivity index (χ3n) is 1.86. The normalized spacial score (nSPS) is 11.8. The first-order valence-corrected chi connectivity index (χ1v) is 4.32. The molecule has 0 saturated heterocycles. The molecule has 1 rings (SSSR count). The molecule has 3 nitrogen and oxygen atoms in total. The molecule has 0 radical (unpaired) electrons. The van der Waals surface area contributed by atoms with Crippen molar-refractivity contribution in [3.05, 3.63) is 22.5 Å². The van der Waals surface area contributed by atoms with Crippen LogP contribution in [-0.2, 0) is 5.54 Å². The highest BCUT2D eigenvalue weighted by Crippen LogP contribution is 2.38. The van der Waals surface area contributed by atoms with E-state index in [9.17, 15) is 9.50 Å². The van der Waals surface area contributed by atoms with Crippen molar-refractivity contribution in [2.24, 2.45) is 5.73 Å². The van der Waals surface area contributed by atoms with Crippen molar-refractivity contribution in [1.82, 2.24) is 0 Å². The summed E-state index contributed by atoms with van der Waals surface area (Å²) in [4.78, 5) is 0. The lowest BCUT2D eigenvalue weighted by molar-refractivity contribution is 0.374. The maximum atomic E-state index is 13.1. The van der Waals surface area contributed by atoms with E-state index in [2.05, 4.69) is 0 Å². The molecule has 5 heteroatoms. The lowest BCUT2D eigenvalue weighted by Crippen LogP contribution is -2.28. The van der Waals surface area contributed by atoms with E-state index < -0.39 is 22.9 Å². The van der Waals surface area contributed by atoms with Gasteiger partial charge in [-0.05, 0) is 19.9 Å². The number of halogens is 2. The van der Waals surface area contributed by atoms with Crippen molar-refractivity contribution < 1.29 is 14.6 Å². The molecule has 0 aliphatic carbocycles. The Bertz CT molecular complexity index is 374. The molecule has 0 fully saturated rings. The molecule has 0 saturated carbocycles. The molecule has 0 atom stereocenters. The second-order valence-electron chi connectivity index (χ2n) is 3.64. The number of phenols is 2. The van der Waals surface area contributed by atoms with Crippen LogP contribution in [0.15, 0.2) is 6.07 Å². The SMILES string of the molecule is CC(C)(N)c1cc(Cl)c(O)c(F)c1O. The summed E-state index contributed by atoms with van der Waals surface area (Å²) in [5.74, 6) is -2.58. The fourth-order valence-electron chi connectivity index (χ4n) is 1.09. The number of hydrogen-bond acceptors (Lipinski definition) is 3. The number of nitrogens with two attached hydrogens (primary N) is 1. The van der Waals surface area contributed by atoms with Crippen molar-refractivity contribution in [1.29, 1.82) is 0 Å².